The molecule has 1 heterocycles. The van der Waals surface area contributed by atoms with Gasteiger partial charge >= 0.3 is 0 Å². The Hall–Kier alpha value is -2.07. The van der Waals surface area contributed by atoms with Gasteiger partial charge in [-0.1, -0.05) is 12.1 Å². The van der Waals surface area contributed by atoms with E-state index in [1.54, 1.807) is 12.1 Å². The van der Waals surface area contributed by atoms with E-state index in [-0.39, 0.29) is 18.3 Å². The van der Waals surface area contributed by atoms with Crippen molar-refractivity contribution in [3.8, 4) is 0 Å². The van der Waals surface area contributed by atoms with Crippen molar-refractivity contribution >= 4 is 29.7 Å². The first-order valence-electron chi connectivity index (χ1n) is 6.88. The van der Waals surface area contributed by atoms with E-state index in [0.29, 0.717) is 11.4 Å². The number of hydrogen-bond acceptors (Lipinski definition) is 3. The lowest BCUT2D eigenvalue weighted by Crippen LogP contribution is -2.16. The highest BCUT2D eigenvalue weighted by atomic mass is 35.5. The molecule has 1 amide bonds. The van der Waals surface area contributed by atoms with E-state index in [9.17, 15) is 4.79 Å². The summed E-state index contributed by atoms with van der Waals surface area (Å²) in [5, 5.41) is 2.96. The van der Waals surface area contributed by atoms with Crippen LogP contribution in [0.15, 0.2) is 36.5 Å². The molecule has 0 unspecified atom stereocenters. The van der Waals surface area contributed by atoms with Gasteiger partial charge in [0.15, 0.2) is 0 Å². The van der Waals surface area contributed by atoms with Crippen molar-refractivity contribution in [1.82, 2.24) is 4.98 Å². The van der Waals surface area contributed by atoms with Crippen LogP contribution in [0.3, 0.4) is 0 Å². The van der Waals surface area contributed by atoms with E-state index >= 15 is 0 Å². The molecule has 1 aliphatic rings. The third kappa shape index (κ3) is 3.34. The first-order chi connectivity index (χ1) is 9.74. The molecule has 4 nitrogen and oxygen atoms in total. The average Bonchev–Trinajstić information content (AvgIpc) is 2.48. The van der Waals surface area contributed by atoms with Crippen LogP contribution in [0.2, 0.25) is 0 Å². The first-order valence-corrected chi connectivity index (χ1v) is 6.88. The van der Waals surface area contributed by atoms with Crippen LogP contribution in [-0.4, -0.2) is 10.9 Å². The number of aryl methyl sites for hydroxylation is 1. The SMILES string of the molecule is Cl.Nc1ccc(C(=O)Nc2cccc3c2CCCC3)nc1. The van der Waals surface area contributed by atoms with Crippen LogP contribution in [0.25, 0.3) is 0 Å². The van der Waals surface area contributed by atoms with Crippen LogP contribution in [0, 0.1) is 0 Å². The van der Waals surface area contributed by atoms with Gasteiger partial charge in [-0.3, -0.25) is 4.79 Å². The minimum atomic E-state index is -0.191. The second-order valence-electron chi connectivity index (χ2n) is 5.08. The number of nitrogens with zero attached hydrogens (tertiary/aromatic N) is 1. The molecule has 0 spiro atoms. The predicted molar refractivity (Wildman–Crippen MR) is 86.9 cm³/mol. The largest absolute Gasteiger partial charge is 0.397 e. The Balaban J connectivity index is 0.00000161. The number of amides is 1. The molecule has 0 fully saturated rings. The van der Waals surface area contributed by atoms with Crippen molar-refractivity contribution in [2.45, 2.75) is 25.7 Å². The Bertz CT molecular complexity index is 640. The topological polar surface area (TPSA) is 68.0 Å². The lowest BCUT2D eigenvalue weighted by Gasteiger charge is -2.19. The quantitative estimate of drug-likeness (QED) is 0.895. The highest BCUT2D eigenvalue weighted by Crippen LogP contribution is 2.28. The van der Waals surface area contributed by atoms with Crippen LogP contribution in [0.5, 0.6) is 0 Å². The van der Waals surface area contributed by atoms with Gasteiger partial charge in [0.1, 0.15) is 5.69 Å². The number of benzene rings is 1. The number of hydrogen-bond donors (Lipinski definition) is 2. The van der Waals surface area contributed by atoms with Crippen molar-refractivity contribution in [1.29, 1.82) is 0 Å². The van der Waals surface area contributed by atoms with Crippen LogP contribution >= 0.6 is 12.4 Å². The molecular formula is C16H18ClN3O. The summed E-state index contributed by atoms with van der Waals surface area (Å²) in [6, 6.07) is 9.42. The molecule has 21 heavy (non-hydrogen) atoms. The second-order valence-corrected chi connectivity index (χ2v) is 5.08. The van der Waals surface area contributed by atoms with Gasteiger partial charge in [0.25, 0.3) is 5.91 Å². The first kappa shape index (κ1) is 15.3. The van der Waals surface area contributed by atoms with Crippen molar-refractivity contribution < 1.29 is 4.79 Å². The fourth-order valence-corrected chi connectivity index (χ4v) is 2.62. The molecule has 0 saturated heterocycles. The molecule has 0 radical (unpaired) electrons. The van der Waals surface area contributed by atoms with E-state index in [1.807, 2.05) is 12.1 Å². The van der Waals surface area contributed by atoms with Crippen LogP contribution in [-0.2, 0) is 12.8 Å². The van der Waals surface area contributed by atoms with Gasteiger partial charge in [0.05, 0.1) is 11.9 Å². The Morgan fingerprint density at radius 3 is 2.71 bits per heavy atom. The Kier molecular flexibility index (Phi) is 4.81. The Morgan fingerprint density at radius 1 is 1.14 bits per heavy atom. The maximum Gasteiger partial charge on any atom is 0.274 e. The summed E-state index contributed by atoms with van der Waals surface area (Å²) >= 11 is 0. The average molecular weight is 304 g/mol. The standard InChI is InChI=1S/C16H17N3O.ClH/c17-12-8-9-15(18-10-12)16(20)19-14-7-3-5-11-4-1-2-6-13(11)14;/h3,5,7-10H,1-2,4,6,17H2,(H,19,20);1H. The third-order valence-electron chi connectivity index (χ3n) is 3.66. The van der Waals surface area contributed by atoms with E-state index in [0.717, 1.165) is 18.5 Å². The maximum atomic E-state index is 12.2. The van der Waals surface area contributed by atoms with E-state index < -0.39 is 0 Å². The number of carbonyl (C=O) groups excluding carboxylic acids is 1. The van der Waals surface area contributed by atoms with Gasteiger partial charge in [-0.15, -0.1) is 12.4 Å². The number of halogens is 1. The van der Waals surface area contributed by atoms with Gasteiger partial charge in [0.2, 0.25) is 0 Å². The molecule has 3 N–H and O–H groups in total. The number of nitrogens with one attached hydrogen (secondary N) is 1. The number of carbonyl (C=O) groups is 1. The van der Waals surface area contributed by atoms with Crippen LogP contribution < -0.4 is 11.1 Å². The number of nitrogen functional groups attached to an aromatic ring is 1. The highest BCUT2D eigenvalue weighted by molar-refractivity contribution is 6.03. The summed E-state index contributed by atoms with van der Waals surface area (Å²) in [7, 11) is 0. The van der Waals surface area contributed by atoms with Crippen molar-refractivity contribution in [3.63, 3.8) is 0 Å². The maximum absolute atomic E-state index is 12.2. The minimum Gasteiger partial charge on any atom is -0.397 e. The number of fused-ring (bicyclic) bond motifs is 1. The molecule has 2 aromatic rings. The Labute approximate surface area is 130 Å². The number of pyridine rings is 1. The zero-order chi connectivity index (χ0) is 13.9. The smallest absolute Gasteiger partial charge is 0.274 e. The van der Waals surface area contributed by atoms with E-state index in [4.69, 9.17) is 5.73 Å². The third-order valence-corrected chi connectivity index (χ3v) is 3.66. The molecule has 1 aliphatic carbocycles. The summed E-state index contributed by atoms with van der Waals surface area (Å²) in [4.78, 5) is 16.2. The fourth-order valence-electron chi connectivity index (χ4n) is 2.62. The summed E-state index contributed by atoms with van der Waals surface area (Å²) in [5.41, 5.74) is 10.0. The zero-order valence-electron chi connectivity index (χ0n) is 11.6. The predicted octanol–water partition coefficient (Wildman–Crippen LogP) is 3.22. The number of rotatable bonds is 2. The number of anilines is 2. The highest BCUT2D eigenvalue weighted by Gasteiger charge is 2.15. The molecule has 0 atom stereocenters. The summed E-state index contributed by atoms with van der Waals surface area (Å²) in [5.74, 6) is -0.191. The molecular weight excluding hydrogens is 286 g/mol. The summed E-state index contributed by atoms with van der Waals surface area (Å²) < 4.78 is 0. The number of aromatic nitrogens is 1. The van der Waals surface area contributed by atoms with Crippen molar-refractivity contribution in [2.24, 2.45) is 0 Å². The van der Waals surface area contributed by atoms with Gasteiger partial charge in [-0.25, -0.2) is 4.98 Å². The molecule has 5 heteroatoms. The molecule has 0 aliphatic heterocycles. The van der Waals surface area contributed by atoms with E-state index in [1.165, 1.54) is 30.2 Å². The fraction of sp³-hybridized carbons (Fsp3) is 0.250. The lowest BCUT2D eigenvalue weighted by atomic mass is 9.90. The summed E-state index contributed by atoms with van der Waals surface area (Å²) in [6.07, 6.45) is 6.03. The molecule has 1 aromatic heterocycles. The zero-order valence-corrected chi connectivity index (χ0v) is 12.5. The second kappa shape index (κ2) is 6.59. The van der Waals surface area contributed by atoms with Crippen molar-refractivity contribution in [2.75, 3.05) is 11.1 Å². The monoisotopic (exact) mass is 303 g/mol. The van der Waals surface area contributed by atoms with Crippen LogP contribution in [0.1, 0.15) is 34.5 Å². The molecule has 1 aromatic carbocycles. The molecule has 0 bridgehead atoms. The minimum absolute atomic E-state index is 0. The normalized spacial score (nSPS) is 13.0. The molecule has 0 saturated carbocycles. The van der Waals surface area contributed by atoms with Gasteiger partial charge in [-0.2, -0.15) is 0 Å². The van der Waals surface area contributed by atoms with Crippen molar-refractivity contribution in [3.05, 3.63) is 53.3 Å². The molecule has 3 rings (SSSR count). The van der Waals surface area contributed by atoms with Gasteiger partial charge < -0.3 is 11.1 Å². The van der Waals surface area contributed by atoms with E-state index in [2.05, 4.69) is 16.4 Å². The van der Waals surface area contributed by atoms with Gasteiger partial charge in [-0.05, 0) is 55.0 Å². The lowest BCUT2D eigenvalue weighted by molar-refractivity contribution is 0.102. The Morgan fingerprint density at radius 2 is 1.95 bits per heavy atom. The van der Waals surface area contributed by atoms with Crippen LogP contribution in [0.4, 0.5) is 11.4 Å². The molecule has 110 valence electrons. The van der Waals surface area contributed by atoms with Gasteiger partial charge in [0, 0.05) is 5.69 Å². The number of nitrogens with two attached hydrogens (primary N) is 1. The summed E-state index contributed by atoms with van der Waals surface area (Å²) in [6.45, 7) is 0.